The van der Waals surface area contributed by atoms with E-state index in [9.17, 15) is 4.79 Å². The molecule has 106 valence electrons. The maximum Gasteiger partial charge on any atom is 0.238 e. The van der Waals surface area contributed by atoms with Crippen LogP contribution in [0.15, 0.2) is 40.8 Å². The van der Waals surface area contributed by atoms with E-state index in [4.69, 9.17) is 9.15 Å². The minimum absolute atomic E-state index is 0.110. The number of furan rings is 1. The van der Waals surface area contributed by atoms with Gasteiger partial charge in [-0.2, -0.15) is 0 Å². The fourth-order valence-electron chi connectivity index (χ4n) is 1.79. The van der Waals surface area contributed by atoms with Crippen LogP contribution < -0.4 is 15.4 Å². The first kappa shape index (κ1) is 14.1. The van der Waals surface area contributed by atoms with E-state index in [-0.39, 0.29) is 12.5 Å². The van der Waals surface area contributed by atoms with Crippen molar-refractivity contribution < 1.29 is 13.9 Å². The van der Waals surface area contributed by atoms with E-state index in [1.54, 1.807) is 13.2 Å². The van der Waals surface area contributed by atoms with Gasteiger partial charge >= 0.3 is 0 Å². The highest BCUT2D eigenvalue weighted by molar-refractivity contribution is 5.92. The molecule has 0 atom stereocenters. The van der Waals surface area contributed by atoms with Crippen LogP contribution in [0.1, 0.15) is 11.5 Å². The van der Waals surface area contributed by atoms with Gasteiger partial charge in [0.2, 0.25) is 5.91 Å². The molecule has 2 N–H and O–H groups in total. The Balaban J connectivity index is 1.77. The average Bonchev–Trinajstić information content (AvgIpc) is 2.84. The van der Waals surface area contributed by atoms with Crippen LogP contribution in [-0.2, 0) is 11.3 Å². The van der Waals surface area contributed by atoms with Gasteiger partial charge in [0.25, 0.3) is 0 Å². The summed E-state index contributed by atoms with van der Waals surface area (Å²) in [4.78, 5) is 11.8. The summed E-state index contributed by atoms with van der Waals surface area (Å²) in [5, 5.41) is 5.82. The van der Waals surface area contributed by atoms with Crippen molar-refractivity contribution in [1.82, 2.24) is 5.32 Å². The van der Waals surface area contributed by atoms with Crippen LogP contribution in [0.25, 0.3) is 0 Å². The van der Waals surface area contributed by atoms with Crippen LogP contribution in [0, 0.1) is 6.92 Å². The molecule has 1 heterocycles. The topological polar surface area (TPSA) is 63.5 Å². The Morgan fingerprint density at radius 3 is 2.85 bits per heavy atom. The second-order valence-electron chi connectivity index (χ2n) is 4.40. The van der Waals surface area contributed by atoms with Gasteiger partial charge in [0.15, 0.2) is 0 Å². The molecule has 0 saturated heterocycles. The lowest BCUT2D eigenvalue weighted by molar-refractivity contribution is -0.115. The van der Waals surface area contributed by atoms with Gasteiger partial charge in [-0.05, 0) is 31.2 Å². The molecule has 0 saturated carbocycles. The minimum atomic E-state index is -0.110. The van der Waals surface area contributed by atoms with Crippen molar-refractivity contribution in [2.45, 2.75) is 13.5 Å². The van der Waals surface area contributed by atoms with Crippen molar-refractivity contribution in [2.24, 2.45) is 0 Å². The highest BCUT2D eigenvalue weighted by Crippen LogP contribution is 2.16. The summed E-state index contributed by atoms with van der Waals surface area (Å²) in [6, 6.07) is 11.0. The Morgan fingerprint density at radius 1 is 1.30 bits per heavy atom. The van der Waals surface area contributed by atoms with Crippen molar-refractivity contribution in [2.75, 3.05) is 19.0 Å². The van der Waals surface area contributed by atoms with E-state index in [1.165, 1.54) is 0 Å². The third kappa shape index (κ3) is 4.13. The largest absolute Gasteiger partial charge is 0.497 e. The molecule has 5 nitrogen and oxygen atoms in total. The molecule has 1 amide bonds. The van der Waals surface area contributed by atoms with Gasteiger partial charge in [-0.1, -0.05) is 6.07 Å². The molecule has 1 aromatic heterocycles. The Hall–Kier alpha value is -2.27. The quantitative estimate of drug-likeness (QED) is 0.848. The lowest BCUT2D eigenvalue weighted by Crippen LogP contribution is -2.27. The van der Waals surface area contributed by atoms with E-state index < -0.39 is 0 Å². The number of carbonyl (C=O) groups is 1. The third-order valence-electron chi connectivity index (χ3n) is 2.73. The highest BCUT2D eigenvalue weighted by Gasteiger charge is 2.04. The molecular formula is C15H18N2O3. The van der Waals surface area contributed by atoms with Gasteiger partial charge in [0, 0.05) is 11.8 Å². The summed E-state index contributed by atoms with van der Waals surface area (Å²) in [7, 11) is 1.59. The molecule has 0 fully saturated rings. The molecule has 0 aliphatic heterocycles. The van der Waals surface area contributed by atoms with E-state index in [2.05, 4.69) is 10.6 Å². The summed E-state index contributed by atoms with van der Waals surface area (Å²) in [5.41, 5.74) is 0.713. The van der Waals surface area contributed by atoms with E-state index >= 15 is 0 Å². The zero-order chi connectivity index (χ0) is 14.4. The van der Waals surface area contributed by atoms with Gasteiger partial charge in [0.1, 0.15) is 17.3 Å². The zero-order valence-electron chi connectivity index (χ0n) is 11.6. The Labute approximate surface area is 117 Å². The van der Waals surface area contributed by atoms with Crippen LogP contribution in [0.4, 0.5) is 5.69 Å². The minimum Gasteiger partial charge on any atom is -0.497 e. The fraction of sp³-hybridized carbons (Fsp3) is 0.267. The zero-order valence-corrected chi connectivity index (χ0v) is 11.6. The molecule has 0 radical (unpaired) electrons. The molecular weight excluding hydrogens is 256 g/mol. The van der Waals surface area contributed by atoms with Gasteiger partial charge in [-0.25, -0.2) is 0 Å². The van der Waals surface area contributed by atoms with Gasteiger partial charge in [0.05, 0.1) is 20.2 Å². The lowest BCUT2D eigenvalue weighted by atomic mass is 10.3. The number of methoxy groups -OCH3 is 1. The average molecular weight is 274 g/mol. The number of nitrogens with one attached hydrogen (secondary N) is 2. The first-order valence-electron chi connectivity index (χ1n) is 6.37. The van der Waals surface area contributed by atoms with Crippen LogP contribution >= 0.6 is 0 Å². The number of amides is 1. The molecule has 0 aliphatic carbocycles. The molecule has 0 bridgehead atoms. The standard InChI is InChI=1S/C15H18N2O3/c1-11-6-7-14(20-11)9-16-10-15(18)17-12-4-3-5-13(8-12)19-2/h3-8,16H,9-10H2,1-2H3,(H,17,18). The highest BCUT2D eigenvalue weighted by atomic mass is 16.5. The van der Waals surface area contributed by atoms with Crippen molar-refractivity contribution in [1.29, 1.82) is 0 Å². The first-order chi connectivity index (χ1) is 9.67. The number of ether oxygens (including phenoxy) is 1. The normalized spacial score (nSPS) is 10.3. The number of anilines is 1. The van der Waals surface area contributed by atoms with Crippen LogP contribution in [0.2, 0.25) is 0 Å². The first-order valence-corrected chi connectivity index (χ1v) is 6.37. The summed E-state index contributed by atoms with van der Waals surface area (Å²) >= 11 is 0. The second-order valence-corrected chi connectivity index (χ2v) is 4.40. The van der Waals surface area contributed by atoms with E-state index in [1.807, 2.05) is 37.3 Å². The fourth-order valence-corrected chi connectivity index (χ4v) is 1.79. The molecule has 20 heavy (non-hydrogen) atoms. The summed E-state index contributed by atoms with van der Waals surface area (Å²) in [6.45, 7) is 2.63. The predicted molar refractivity (Wildman–Crippen MR) is 76.8 cm³/mol. The maximum absolute atomic E-state index is 11.8. The lowest BCUT2D eigenvalue weighted by Gasteiger charge is -2.07. The van der Waals surface area contributed by atoms with E-state index in [0.29, 0.717) is 18.0 Å². The summed E-state index contributed by atoms with van der Waals surface area (Å²) in [5.74, 6) is 2.28. The summed E-state index contributed by atoms with van der Waals surface area (Å²) < 4.78 is 10.5. The predicted octanol–water partition coefficient (Wildman–Crippen LogP) is 2.32. The smallest absolute Gasteiger partial charge is 0.238 e. The van der Waals surface area contributed by atoms with Crippen molar-refractivity contribution >= 4 is 11.6 Å². The second kappa shape index (κ2) is 6.77. The molecule has 0 aliphatic rings. The van der Waals surface area contributed by atoms with E-state index in [0.717, 1.165) is 11.5 Å². The van der Waals surface area contributed by atoms with Crippen LogP contribution in [0.3, 0.4) is 0 Å². The SMILES string of the molecule is COc1cccc(NC(=O)CNCc2ccc(C)o2)c1. The van der Waals surface area contributed by atoms with Gasteiger partial charge in [-0.3, -0.25) is 4.79 Å². The number of benzene rings is 1. The van der Waals surface area contributed by atoms with Crippen molar-refractivity contribution in [3.05, 3.63) is 47.9 Å². The summed E-state index contributed by atoms with van der Waals surface area (Å²) in [6.07, 6.45) is 0. The molecule has 5 heteroatoms. The molecule has 1 aromatic carbocycles. The number of aryl methyl sites for hydroxylation is 1. The Bertz CT molecular complexity index is 578. The molecule has 2 rings (SSSR count). The number of hydrogen-bond donors (Lipinski definition) is 2. The maximum atomic E-state index is 11.8. The van der Waals surface area contributed by atoms with Crippen LogP contribution in [-0.4, -0.2) is 19.6 Å². The Morgan fingerprint density at radius 2 is 2.15 bits per heavy atom. The molecule has 0 unspecified atom stereocenters. The Kier molecular flexibility index (Phi) is 4.79. The monoisotopic (exact) mass is 274 g/mol. The third-order valence-corrected chi connectivity index (χ3v) is 2.73. The number of hydrogen-bond acceptors (Lipinski definition) is 4. The van der Waals surface area contributed by atoms with Crippen molar-refractivity contribution in [3.8, 4) is 5.75 Å². The molecule has 2 aromatic rings. The van der Waals surface area contributed by atoms with Gasteiger partial charge < -0.3 is 19.8 Å². The van der Waals surface area contributed by atoms with Gasteiger partial charge in [-0.15, -0.1) is 0 Å². The molecule has 0 spiro atoms. The van der Waals surface area contributed by atoms with Crippen LogP contribution in [0.5, 0.6) is 5.75 Å². The number of carbonyl (C=O) groups excluding carboxylic acids is 1. The van der Waals surface area contributed by atoms with Crippen molar-refractivity contribution in [3.63, 3.8) is 0 Å². The number of rotatable bonds is 6.